The Morgan fingerprint density at radius 2 is 2.04 bits per heavy atom. The summed E-state index contributed by atoms with van der Waals surface area (Å²) in [6, 6.07) is 5.19. The Morgan fingerprint density at radius 1 is 1.29 bits per heavy atom. The van der Waals surface area contributed by atoms with Gasteiger partial charge in [-0.1, -0.05) is 18.2 Å². The van der Waals surface area contributed by atoms with Crippen molar-refractivity contribution in [1.82, 2.24) is 0 Å². The van der Waals surface area contributed by atoms with Crippen LogP contribution in [0.2, 0.25) is 0 Å². The fourth-order valence-electron chi connectivity index (χ4n) is 3.66. The zero-order valence-corrected chi connectivity index (χ0v) is 15.5. The Labute approximate surface area is 162 Å². The van der Waals surface area contributed by atoms with Crippen molar-refractivity contribution in [2.24, 2.45) is 10.9 Å². The number of fused-ring (bicyclic) bond motifs is 3. The van der Waals surface area contributed by atoms with Crippen LogP contribution in [0.15, 0.2) is 29.3 Å². The van der Waals surface area contributed by atoms with Gasteiger partial charge in [0.1, 0.15) is 11.5 Å². The van der Waals surface area contributed by atoms with Crippen LogP contribution >= 0.6 is 11.3 Å². The lowest BCUT2D eigenvalue weighted by Crippen LogP contribution is -2.18. The van der Waals surface area contributed by atoms with Crippen molar-refractivity contribution in [2.75, 3.05) is 19.0 Å². The zero-order valence-electron chi connectivity index (χ0n) is 14.7. The number of anilines is 1. The molecule has 28 heavy (non-hydrogen) atoms. The van der Waals surface area contributed by atoms with E-state index in [1.165, 1.54) is 36.6 Å². The van der Waals surface area contributed by atoms with E-state index in [4.69, 9.17) is 4.74 Å². The Morgan fingerprint density at radius 3 is 2.75 bits per heavy atom. The van der Waals surface area contributed by atoms with Crippen molar-refractivity contribution in [3.8, 4) is 0 Å². The van der Waals surface area contributed by atoms with Crippen molar-refractivity contribution in [2.45, 2.75) is 19.0 Å². The van der Waals surface area contributed by atoms with Crippen molar-refractivity contribution in [3.05, 3.63) is 51.4 Å². The third-order valence-electron chi connectivity index (χ3n) is 4.87. The summed E-state index contributed by atoms with van der Waals surface area (Å²) in [5, 5.41) is 3.21. The summed E-state index contributed by atoms with van der Waals surface area (Å²) >= 11 is 1.28. The molecule has 0 radical (unpaired) electrons. The number of aliphatic imine (C=N–C) groups is 1. The van der Waals surface area contributed by atoms with E-state index >= 15 is 0 Å². The van der Waals surface area contributed by atoms with Gasteiger partial charge in [-0.2, -0.15) is 13.2 Å². The fourth-order valence-corrected chi connectivity index (χ4v) is 4.99. The van der Waals surface area contributed by atoms with Crippen molar-refractivity contribution >= 4 is 33.9 Å². The Bertz CT molecular complexity index is 1010. The molecule has 1 aromatic carbocycles. The number of hydrogen-bond donors (Lipinski definition) is 1. The molecule has 1 unspecified atom stereocenters. The highest BCUT2D eigenvalue weighted by Gasteiger charge is 2.39. The quantitative estimate of drug-likeness (QED) is 0.774. The van der Waals surface area contributed by atoms with Gasteiger partial charge < -0.3 is 10.1 Å². The molecule has 0 saturated carbocycles. The maximum atomic E-state index is 13.6. The molecular weight excluding hydrogens is 393 g/mol. The van der Waals surface area contributed by atoms with E-state index in [1.54, 1.807) is 0 Å². The molecular formula is C19H15F3N2O3S. The Hall–Kier alpha value is -2.68. The van der Waals surface area contributed by atoms with E-state index in [1.807, 2.05) is 0 Å². The second-order valence-corrected chi connectivity index (χ2v) is 7.70. The number of amides is 1. The van der Waals surface area contributed by atoms with Gasteiger partial charge in [-0.15, -0.1) is 11.3 Å². The maximum absolute atomic E-state index is 13.6. The summed E-state index contributed by atoms with van der Waals surface area (Å²) in [6.07, 6.45) is -3.78. The van der Waals surface area contributed by atoms with E-state index in [0.717, 1.165) is 16.5 Å². The molecule has 2 aromatic rings. The molecule has 5 nitrogen and oxygen atoms in total. The number of rotatable bonds is 2. The van der Waals surface area contributed by atoms with Crippen molar-refractivity contribution in [1.29, 1.82) is 0 Å². The molecule has 0 spiro atoms. The molecule has 9 heteroatoms. The molecule has 1 atom stereocenters. The number of methoxy groups -OCH3 is 1. The molecule has 1 amide bonds. The minimum Gasteiger partial charge on any atom is -0.469 e. The van der Waals surface area contributed by atoms with Crippen molar-refractivity contribution < 1.29 is 27.5 Å². The zero-order chi connectivity index (χ0) is 20.1. The molecule has 1 aliphatic carbocycles. The van der Waals surface area contributed by atoms with Gasteiger partial charge in [0, 0.05) is 16.0 Å². The van der Waals surface area contributed by atoms with E-state index in [0.29, 0.717) is 23.4 Å². The smallest absolute Gasteiger partial charge is 0.417 e. The predicted octanol–water partition coefficient (Wildman–Crippen LogP) is 3.44. The minimum absolute atomic E-state index is 0.0742. The van der Waals surface area contributed by atoms with Gasteiger partial charge >= 0.3 is 12.1 Å². The van der Waals surface area contributed by atoms with Gasteiger partial charge in [0.15, 0.2) is 0 Å². The molecule has 2 aliphatic rings. The van der Waals surface area contributed by atoms with Crippen LogP contribution in [-0.2, 0) is 33.3 Å². The summed E-state index contributed by atoms with van der Waals surface area (Å²) in [4.78, 5) is 29.1. The van der Waals surface area contributed by atoms with Gasteiger partial charge in [0.2, 0.25) is 5.91 Å². The molecule has 0 saturated heterocycles. The first kappa shape index (κ1) is 18.7. The third-order valence-corrected chi connectivity index (χ3v) is 6.04. The number of carbonyl (C=O) groups excluding carboxylic acids is 2. The highest BCUT2D eigenvalue weighted by molar-refractivity contribution is 7.17. The van der Waals surface area contributed by atoms with Crippen LogP contribution in [0.4, 0.5) is 18.2 Å². The number of hydrogen-bond acceptors (Lipinski definition) is 5. The lowest BCUT2D eigenvalue weighted by atomic mass is 9.94. The SMILES string of the molecule is COC(=O)C1Cc2sc3c(c2C1)C(c1ccccc1C(F)(F)F)=NCC(=O)N3. The number of halogens is 3. The van der Waals surface area contributed by atoms with Crippen LogP contribution in [0.3, 0.4) is 0 Å². The number of benzene rings is 1. The first-order valence-electron chi connectivity index (χ1n) is 8.53. The molecule has 1 N–H and O–H groups in total. The number of nitrogens with zero attached hydrogens (tertiary/aromatic N) is 1. The van der Waals surface area contributed by atoms with Crippen molar-refractivity contribution in [3.63, 3.8) is 0 Å². The molecule has 146 valence electrons. The first-order valence-corrected chi connectivity index (χ1v) is 9.35. The second kappa shape index (κ2) is 6.73. The van der Waals surface area contributed by atoms with Gasteiger partial charge in [0.05, 0.1) is 24.3 Å². The average molecular weight is 408 g/mol. The van der Waals surface area contributed by atoms with Gasteiger partial charge in [-0.3, -0.25) is 14.6 Å². The van der Waals surface area contributed by atoms with Crippen LogP contribution < -0.4 is 5.32 Å². The molecule has 2 heterocycles. The largest absolute Gasteiger partial charge is 0.469 e. The van der Waals surface area contributed by atoms with Gasteiger partial charge in [-0.05, 0) is 24.5 Å². The standard InChI is InChI=1S/C19H15F3N2O3S/c1-27-18(26)9-6-11-13(7-9)28-17-15(11)16(23-8-14(25)24-17)10-4-2-3-5-12(10)19(20,21)22/h2-5,9H,6-8H2,1H3,(H,24,25). The minimum atomic E-state index is -4.56. The number of thiophene rings is 1. The lowest BCUT2D eigenvalue weighted by molar-refractivity contribution is -0.145. The van der Waals surface area contributed by atoms with Crippen LogP contribution in [0, 0.1) is 5.92 Å². The third kappa shape index (κ3) is 3.09. The highest BCUT2D eigenvalue weighted by Crippen LogP contribution is 2.44. The number of carbonyl (C=O) groups is 2. The number of alkyl halides is 3. The summed E-state index contributed by atoms with van der Waals surface area (Å²) in [7, 11) is 1.31. The Balaban J connectivity index is 1.88. The highest BCUT2D eigenvalue weighted by atomic mass is 32.1. The maximum Gasteiger partial charge on any atom is 0.417 e. The molecule has 0 bridgehead atoms. The molecule has 1 aliphatic heterocycles. The van der Waals surface area contributed by atoms with E-state index in [2.05, 4.69) is 10.3 Å². The second-order valence-electron chi connectivity index (χ2n) is 6.59. The van der Waals surface area contributed by atoms with E-state index < -0.39 is 11.7 Å². The lowest BCUT2D eigenvalue weighted by Gasteiger charge is -2.15. The van der Waals surface area contributed by atoms with Crippen LogP contribution in [0.25, 0.3) is 0 Å². The molecule has 0 fully saturated rings. The summed E-state index contributed by atoms with van der Waals surface area (Å²) in [6.45, 7) is -0.266. The molecule has 1 aromatic heterocycles. The van der Waals surface area contributed by atoms with Crippen LogP contribution in [0.5, 0.6) is 0 Å². The topological polar surface area (TPSA) is 67.8 Å². The number of ether oxygens (including phenoxy) is 1. The number of esters is 1. The normalized spacial score (nSPS) is 18.6. The van der Waals surface area contributed by atoms with Gasteiger partial charge in [0.25, 0.3) is 0 Å². The Kier molecular flexibility index (Phi) is 4.49. The van der Waals surface area contributed by atoms with Crippen LogP contribution in [-0.4, -0.2) is 31.2 Å². The molecule has 4 rings (SSSR count). The summed E-state index contributed by atoms with van der Waals surface area (Å²) in [5.41, 5.74) is 0.484. The predicted molar refractivity (Wildman–Crippen MR) is 97.8 cm³/mol. The number of nitrogens with one attached hydrogen (secondary N) is 1. The van der Waals surface area contributed by atoms with E-state index in [9.17, 15) is 22.8 Å². The summed E-state index contributed by atoms with van der Waals surface area (Å²) < 4.78 is 45.5. The average Bonchev–Trinajstić information content (AvgIpc) is 3.14. The first-order chi connectivity index (χ1) is 13.3. The fraction of sp³-hybridized carbons (Fsp3) is 0.316. The monoisotopic (exact) mass is 408 g/mol. The summed E-state index contributed by atoms with van der Waals surface area (Å²) in [5.74, 6) is -1.12. The van der Waals surface area contributed by atoms with E-state index in [-0.39, 0.29) is 35.6 Å². The van der Waals surface area contributed by atoms with Crippen LogP contribution in [0.1, 0.15) is 27.1 Å². The van der Waals surface area contributed by atoms with Gasteiger partial charge in [-0.25, -0.2) is 0 Å².